The molecule has 0 fully saturated rings. The van der Waals surface area contributed by atoms with Crippen molar-refractivity contribution in [1.82, 2.24) is 0 Å². The van der Waals surface area contributed by atoms with Gasteiger partial charge in [0, 0.05) is 0 Å². The molecule has 0 aliphatic carbocycles. The Morgan fingerprint density at radius 1 is 0.650 bits per heavy atom. The van der Waals surface area contributed by atoms with Crippen LogP contribution >= 0.6 is 0 Å². The van der Waals surface area contributed by atoms with E-state index in [0.29, 0.717) is 0 Å². The normalized spacial score (nSPS) is 12.4. The number of carboxylic acid groups (broad SMARTS) is 2. The van der Waals surface area contributed by atoms with Crippen LogP contribution in [0.4, 0.5) is 0 Å². The van der Waals surface area contributed by atoms with Crippen molar-refractivity contribution in [1.29, 1.82) is 0 Å². The Morgan fingerprint density at radius 3 is 0.900 bits per heavy atom. The fraction of sp³-hybridized carbons (Fsp3) is 0.778. The van der Waals surface area contributed by atoms with E-state index in [2.05, 4.69) is 0 Å². The summed E-state index contributed by atoms with van der Waals surface area (Å²) >= 11 is 0. The molecule has 0 aromatic carbocycles. The summed E-state index contributed by atoms with van der Waals surface area (Å²) in [7, 11) is 0. The van der Waals surface area contributed by atoms with E-state index in [4.69, 9.17) is 46.0 Å². The molecule has 0 amide bonds. The quantitative estimate of drug-likeness (QED) is 0.227. The molecular formula is C9H20O11. The number of aliphatic hydroxyl groups is 7. The van der Waals surface area contributed by atoms with Crippen LogP contribution in [-0.2, 0) is 9.59 Å². The zero-order valence-corrected chi connectivity index (χ0v) is 10.4. The number of hydrogen-bond acceptors (Lipinski definition) is 9. The standard InChI is InChI=1S/2C3H6O4.C3H8O3/c2*4-1-2(5)3(6)7;4-1-3(6)2-5/h2*2,4-5H,1H2,(H,6,7);3-6H,1-2H2. The first-order valence-corrected chi connectivity index (χ1v) is 5.11. The first kappa shape index (κ1) is 23.7. The largest absolute Gasteiger partial charge is 0.479 e. The van der Waals surface area contributed by atoms with Gasteiger partial charge in [0.05, 0.1) is 26.4 Å². The monoisotopic (exact) mass is 304 g/mol. The lowest BCUT2D eigenvalue weighted by atomic mass is 10.4. The highest BCUT2D eigenvalue weighted by atomic mass is 16.4. The molecular weight excluding hydrogens is 284 g/mol. The summed E-state index contributed by atoms with van der Waals surface area (Å²) < 4.78 is 0. The second-order valence-electron chi connectivity index (χ2n) is 3.09. The molecule has 0 aromatic rings. The van der Waals surface area contributed by atoms with E-state index in [1.165, 1.54) is 0 Å². The molecule has 9 N–H and O–H groups in total. The predicted octanol–water partition coefficient (Wildman–Crippen LogP) is -4.82. The lowest BCUT2D eigenvalue weighted by molar-refractivity contribution is -0.149. The predicted molar refractivity (Wildman–Crippen MR) is 61.6 cm³/mol. The average molecular weight is 304 g/mol. The van der Waals surface area contributed by atoms with Crippen molar-refractivity contribution in [2.75, 3.05) is 26.4 Å². The van der Waals surface area contributed by atoms with Gasteiger partial charge in [0.2, 0.25) is 0 Å². The molecule has 11 heteroatoms. The molecule has 0 aliphatic heterocycles. The van der Waals surface area contributed by atoms with Gasteiger partial charge < -0.3 is 46.0 Å². The Morgan fingerprint density at radius 2 is 0.900 bits per heavy atom. The highest BCUT2D eigenvalue weighted by Gasteiger charge is 2.09. The Balaban J connectivity index is -0.000000218. The van der Waals surface area contributed by atoms with Crippen LogP contribution in [0.25, 0.3) is 0 Å². The molecule has 0 aliphatic rings. The SMILES string of the molecule is O=C(O)C(O)CO.O=C(O)C(O)CO.OCC(O)CO. The third-order valence-electron chi connectivity index (χ3n) is 1.34. The minimum Gasteiger partial charge on any atom is -0.479 e. The maximum absolute atomic E-state index is 9.52. The summed E-state index contributed by atoms with van der Waals surface area (Å²) in [6.07, 6.45) is -4.20. The molecule has 0 rings (SSSR count). The molecule has 0 radical (unpaired) electrons. The van der Waals surface area contributed by atoms with E-state index in [0.717, 1.165) is 0 Å². The Hall–Kier alpha value is -1.34. The van der Waals surface area contributed by atoms with E-state index in [-0.39, 0.29) is 13.2 Å². The average Bonchev–Trinajstić information content (AvgIpc) is 2.45. The van der Waals surface area contributed by atoms with E-state index in [9.17, 15) is 9.59 Å². The number of aliphatic hydroxyl groups excluding tert-OH is 7. The first-order valence-electron chi connectivity index (χ1n) is 5.11. The van der Waals surface area contributed by atoms with Crippen molar-refractivity contribution in [3.8, 4) is 0 Å². The molecule has 0 spiro atoms. The van der Waals surface area contributed by atoms with Crippen LogP contribution in [0, 0.1) is 0 Å². The first-order chi connectivity index (χ1) is 9.17. The van der Waals surface area contributed by atoms with Crippen molar-refractivity contribution in [3.63, 3.8) is 0 Å². The molecule has 0 aromatic heterocycles. The van der Waals surface area contributed by atoms with Gasteiger partial charge in [-0.2, -0.15) is 0 Å². The minimum atomic E-state index is -1.63. The topological polar surface area (TPSA) is 216 Å². The van der Waals surface area contributed by atoms with Crippen LogP contribution in [0.5, 0.6) is 0 Å². The molecule has 20 heavy (non-hydrogen) atoms. The third kappa shape index (κ3) is 19.0. The fourth-order valence-electron chi connectivity index (χ4n) is 0.214. The number of carboxylic acids is 2. The number of rotatable bonds is 6. The summed E-state index contributed by atoms with van der Waals surface area (Å²) in [5.41, 5.74) is 0. The van der Waals surface area contributed by atoms with Crippen LogP contribution in [-0.4, -0.2) is 103 Å². The van der Waals surface area contributed by atoms with E-state index in [1.807, 2.05) is 0 Å². The van der Waals surface area contributed by atoms with Crippen molar-refractivity contribution in [2.45, 2.75) is 18.3 Å². The molecule has 2 atom stereocenters. The Labute approximate surface area is 113 Å². The van der Waals surface area contributed by atoms with Gasteiger partial charge in [-0.1, -0.05) is 0 Å². The van der Waals surface area contributed by atoms with Gasteiger partial charge >= 0.3 is 11.9 Å². The smallest absolute Gasteiger partial charge is 0.334 e. The second kappa shape index (κ2) is 15.7. The van der Waals surface area contributed by atoms with Gasteiger partial charge in [-0.3, -0.25) is 0 Å². The molecule has 0 bridgehead atoms. The third-order valence-corrected chi connectivity index (χ3v) is 1.34. The van der Waals surface area contributed by atoms with Crippen LogP contribution in [0.1, 0.15) is 0 Å². The van der Waals surface area contributed by atoms with Crippen molar-refractivity contribution in [2.24, 2.45) is 0 Å². The maximum Gasteiger partial charge on any atom is 0.334 e. The molecule has 2 unspecified atom stereocenters. The summed E-state index contributed by atoms with van der Waals surface area (Å²) in [5, 5.41) is 71.5. The van der Waals surface area contributed by atoms with Crippen LogP contribution < -0.4 is 0 Å². The lowest BCUT2D eigenvalue weighted by Gasteiger charge is -1.96. The Kier molecular flexibility index (Phi) is 18.6. The summed E-state index contributed by atoms with van der Waals surface area (Å²) in [5.74, 6) is -2.80. The second-order valence-corrected chi connectivity index (χ2v) is 3.09. The van der Waals surface area contributed by atoms with Gasteiger partial charge in [-0.15, -0.1) is 0 Å². The molecule has 122 valence electrons. The van der Waals surface area contributed by atoms with Gasteiger partial charge in [-0.05, 0) is 0 Å². The van der Waals surface area contributed by atoms with Gasteiger partial charge in [-0.25, -0.2) is 9.59 Å². The molecule has 0 saturated carbocycles. The Bertz CT molecular complexity index is 220. The maximum atomic E-state index is 9.52. The minimum absolute atomic E-state index is 0.365. The van der Waals surface area contributed by atoms with Crippen molar-refractivity contribution < 1.29 is 55.5 Å². The van der Waals surface area contributed by atoms with E-state index < -0.39 is 43.5 Å². The van der Waals surface area contributed by atoms with E-state index >= 15 is 0 Å². The summed E-state index contributed by atoms with van der Waals surface area (Å²) in [6.45, 7) is -2.18. The van der Waals surface area contributed by atoms with E-state index in [1.54, 1.807) is 0 Å². The van der Waals surface area contributed by atoms with Crippen LogP contribution in [0.2, 0.25) is 0 Å². The zero-order chi connectivity index (χ0) is 16.7. The zero-order valence-electron chi connectivity index (χ0n) is 10.4. The number of aliphatic carboxylic acids is 2. The molecule has 11 nitrogen and oxygen atoms in total. The number of carbonyl (C=O) groups is 2. The van der Waals surface area contributed by atoms with Crippen molar-refractivity contribution >= 4 is 11.9 Å². The summed E-state index contributed by atoms with van der Waals surface area (Å²) in [6, 6.07) is 0. The number of hydrogen-bond donors (Lipinski definition) is 9. The summed E-state index contributed by atoms with van der Waals surface area (Å²) in [4.78, 5) is 19.0. The fourth-order valence-corrected chi connectivity index (χ4v) is 0.214. The molecule has 0 heterocycles. The van der Waals surface area contributed by atoms with Gasteiger partial charge in [0.1, 0.15) is 6.10 Å². The van der Waals surface area contributed by atoms with Gasteiger partial charge in [0.25, 0.3) is 0 Å². The van der Waals surface area contributed by atoms with Crippen LogP contribution in [0.3, 0.4) is 0 Å². The lowest BCUT2D eigenvalue weighted by Crippen LogP contribution is -2.22. The van der Waals surface area contributed by atoms with Gasteiger partial charge in [0.15, 0.2) is 12.2 Å². The highest BCUT2D eigenvalue weighted by molar-refractivity contribution is 5.72. The van der Waals surface area contributed by atoms with Crippen molar-refractivity contribution in [3.05, 3.63) is 0 Å². The highest BCUT2D eigenvalue weighted by Crippen LogP contribution is 1.76. The van der Waals surface area contributed by atoms with Crippen LogP contribution in [0.15, 0.2) is 0 Å². The molecule has 0 saturated heterocycles.